The Balaban J connectivity index is 0.000000621. The summed E-state index contributed by atoms with van der Waals surface area (Å²) in [7, 11) is 1.93. The number of nitrogens with one attached hydrogen (secondary N) is 1. The van der Waals surface area contributed by atoms with Crippen molar-refractivity contribution in [3.05, 3.63) is 102 Å². The second-order valence-corrected chi connectivity index (χ2v) is 8.77. The highest BCUT2D eigenvalue weighted by molar-refractivity contribution is 5.97. The standard InChI is InChI=1S/C18H20N2.C8H11N.C4H8.C3H6.C2H6/c1-5-15(11-19-14(4)13(2)3)17-10-16-8-6-7-9-18(16)20-12-17;1-7-4-3-5-8(6-7)9-2;1-3-4-2;1-2-3-1;1-2/h6-12H,2,5H2,1,3-4H3;3-6,9H,1-2H3;3-4H,1-2H3;1-3H2;1-2H3/b15-11+,19-14?;;4-3-;;. The fourth-order valence-electron chi connectivity index (χ4n) is 2.70. The van der Waals surface area contributed by atoms with Crippen molar-refractivity contribution in [2.24, 2.45) is 4.99 Å². The molecule has 0 aliphatic heterocycles. The molecule has 0 unspecified atom stereocenters. The van der Waals surface area contributed by atoms with Crippen LogP contribution in [0.1, 0.15) is 85.3 Å². The number of benzene rings is 2. The summed E-state index contributed by atoms with van der Waals surface area (Å²) in [6.45, 7) is 20.1. The second-order valence-electron chi connectivity index (χ2n) is 8.77. The van der Waals surface area contributed by atoms with Gasteiger partial charge in [0, 0.05) is 36.2 Å². The van der Waals surface area contributed by atoms with Gasteiger partial charge in [0.2, 0.25) is 0 Å². The van der Waals surface area contributed by atoms with E-state index in [0.29, 0.717) is 0 Å². The van der Waals surface area contributed by atoms with E-state index in [1.54, 1.807) is 0 Å². The van der Waals surface area contributed by atoms with Crippen LogP contribution in [-0.2, 0) is 0 Å². The first kappa shape index (κ1) is 34.5. The normalized spacial score (nSPS) is 11.9. The molecule has 0 amide bonds. The average Bonchev–Trinajstić information content (AvgIpc) is 3.84. The van der Waals surface area contributed by atoms with Crippen LogP contribution in [0.4, 0.5) is 5.69 Å². The Morgan fingerprint density at radius 2 is 1.61 bits per heavy atom. The van der Waals surface area contributed by atoms with E-state index in [0.717, 1.165) is 34.2 Å². The first-order valence-electron chi connectivity index (χ1n) is 13.9. The minimum atomic E-state index is 0.924. The predicted molar refractivity (Wildman–Crippen MR) is 174 cm³/mol. The molecule has 4 rings (SSSR count). The van der Waals surface area contributed by atoms with Crippen molar-refractivity contribution < 1.29 is 0 Å². The van der Waals surface area contributed by atoms with Gasteiger partial charge in [-0.3, -0.25) is 9.98 Å². The Bertz CT molecular complexity index is 1140. The number of hydrogen-bond donors (Lipinski definition) is 1. The molecule has 3 nitrogen and oxygen atoms in total. The zero-order valence-electron chi connectivity index (χ0n) is 25.4. The molecule has 1 N–H and O–H groups in total. The van der Waals surface area contributed by atoms with Gasteiger partial charge in [-0.25, -0.2) is 0 Å². The number of anilines is 1. The minimum Gasteiger partial charge on any atom is -0.388 e. The van der Waals surface area contributed by atoms with Crippen molar-refractivity contribution >= 4 is 27.9 Å². The van der Waals surface area contributed by atoms with Crippen LogP contribution in [0.5, 0.6) is 0 Å². The third-order valence-electron chi connectivity index (χ3n) is 5.37. The van der Waals surface area contributed by atoms with Crippen LogP contribution in [0.2, 0.25) is 0 Å². The summed E-state index contributed by atoms with van der Waals surface area (Å²) < 4.78 is 0. The number of aromatic nitrogens is 1. The quantitative estimate of drug-likeness (QED) is 0.272. The summed E-state index contributed by atoms with van der Waals surface area (Å²) in [5, 5.41) is 4.23. The number of allylic oxidation sites excluding steroid dienone is 4. The zero-order chi connectivity index (χ0) is 28.8. The van der Waals surface area contributed by atoms with Gasteiger partial charge in [0.05, 0.1) is 5.52 Å². The van der Waals surface area contributed by atoms with Crippen LogP contribution < -0.4 is 5.32 Å². The minimum absolute atomic E-state index is 0.924. The highest BCUT2D eigenvalue weighted by Crippen LogP contribution is 2.21. The third kappa shape index (κ3) is 15.6. The monoisotopic (exact) mass is 513 g/mol. The predicted octanol–water partition coefficient (Wildman–Crippen LogP) is 10.8. The van der Waals surface area contributed by atoms with Crippen LogP contribution >= 0.6 is 0 Å². The summed E-state index contributed by atoms with van der Waals surface area (Å²) in [5.74, 6) is 0. The van der Waals surface area contributed by atoms with Crippen LogP contribution in [0, 0.1) is 6.92 Å². The molecule has 0 saturated heterocycles. The highest BCUT2D eigenvalue weighted by Gasteiger charge is 2.02. The molecule has 3 aromatic rings. The molecular formula is C35H51N3. The number of pyridine rings is 1. The smallest absolute Gasteiger partial charge is 0.0702 e. The van der Waals surface area contributed by atoms with E-state index in [2.05, 4.69) is 60.0 Å². The molecule has 1 aliphatic rings. The molecule has 1 saturated carbocycles. The fourth-order valence-corrected chi connectivity index (χ4v) is 2.70. The molecule has 38 heavy (non-hydrogen) atoms. The van der Waals surface area contributed by atoms with Gasteiger partial charge in [-0.1, -0.05) is 89.1 Å². The number of nitrogens with zero attached hydrogens (tertiary/aromatic N) is 2. The second kappa shape index (κ2) is 21.6. The largest absolute Gasteiger partial charge is 0.388 e. The number of aryl methyl sites for hydroxylation is 1. The van der Waals surface area contributed by atoms with Gasteiger partial charge in [0.1, 0.15) is 0 Å². The summed E-state index contributed by atoms with van der Waals surface area (Å²) in [6, 6.07) is 18.6. The Morgan fingerprint density at radius 3 is 2.08 bits per heavy atom. The van der Waals surface area contributed by atoms with Crippen LogP contribution in [-0.4, -0.2) is 17.7 Å². The summed E-state index contributed by atoms with van der Waals surface area (Å²) in [6.07, 6.45) is 13.3. The lowest BCUT2D eigenvalue weighted by Gasteiger charge is -2.05. The number of aliphatic imine (C=N–C) groups is 1. The number of para-hydroxylation sites is 1. The first-order chi connectivity index (χ1) is 18.4. The third-order valence-corrected chi connectivity index (χ3v) is 5.37. The van der Waals surface area contributed by atoms with Gasteiger partial charge in [0.15, 0.2) is 0 Å². The van der Waals surface area contributed by atoms with Crippen molar-refractivity contribution in [2.45, 2.75) is 81.1 Å². The van der Waals surface area contributed by atoms with Gasteiger partial charge in [-0.05, 0) is 87.6 Å². The van der Waals surface area contributed by atoms with Gasteiger partial charge < -0.3 is 5.32 Å². The van der Waals surface area contributed by atoms with E-state index >= 15 is 0 Å². The Morgan fingerprint density at radius 1 is 0.974 bits per heavy atom. The van der Waals surface area contributed by atoms with Crippen molar-refractivity contribution in [3.8, 4) is 0 Å². The summed E-state index contributed by atoms with van der Waals surface area (Å²) in [4.78, 5) is 8.98. The van der Waals surface area contributed by atoms with Gasteiger partial charge in [-0.2, -0.15) is 0 Å². The summed E-state index contributed by atoms with van der Waals surface area (Å²) in [5.41, 5.74) is 7.76. The Labute approximate surface area is 233 Å². The van der Waals surface area contributed by atoms with E-state index in [9.17, 15) is 0 Å². The van der Waals surface area contributed by atoms with Crippen molar-refractivity contribution in [3.63, 3.8) is 0 Å². The highest BCUT2D eigenvalue weighted by atomic mass is 14.8. The number of rotatable bonds is 5. The molecule has 1 aromatic heterocycles. The topological polar surface area (TPSA) is 37.3 Å². The molecule has 1 fully saturated rings. The zero-order valence-corrected chi connectivity index (χ0v) is 25.4. The molecule has 1 heterocycles. The Kier molecular flexibility index (Phi) is 19.6. The molecule has 0 radical (unpaired) electrons. The van der Waals surface area contributed by atoms with Gasteiger partial charge in [-0.15, -0.1) is 0 Å². The van der Waals surface area contributed by atoms with Gasteiger partial charge >= 0.3 is 0 Å². The van der Waals surface area contributed by atoms with E-state index < -0.39 is 0 Å². The van der Waals surface area contributed by atoms with Crippen molar-refractivity contribution in [1.29, 1.82) is 0 Å². The van der Waals surface area contributed by atoms with E-state index in [-0.39, 0.29) is 0 Å². The maximum absolute atomic E-state index is 4.51. The lowest BCUT2D eigenvalue weighted by atomic mass is 10.0. The molecule has 0 spiro atoms. The lowest BCUT2D eigenvalue weighted by molar-refractivity contribution is 1.21. The molecule has 206 valence electrons. The maximum Gasteiger partial charge on any atom is 0.0702 e. The SMILES string of the molecule is C/C=C\C.C1CC1.C=C(C)C(C)=N/C=C(\CC)c1cnc2ccccc2c1.CC.CNc1cccc(C)c1. The van der Waals surface area contributed by atoms with E-state index in [1.807, 2.05) is 103 Å². The number of fused-ring (bicyclic) bond motifs is 1. The van der Waals surface area contributed by atoms with E-state index in [1.165, 1.54) is 36.1 Å². The van der Waals surface area contributed by atoms with Crippen molar-refractivity contribution in [2.75, 3.05) is 12.4 Å². The number of hydrogen-bond acceptors (Lipinski definition) is 3. The molecule has 0 bridgehead atoms. The first-order valence-corrected chi connectivity index (χ1v) is 13.9. The molecule has 2 aromatic carbocycles. The average molecular weight is 514 g/mol. The fraction of sp³-hybridized carbons (Fsp3) is 0.371. The Hall–Kier alpha value is -3.46. The maximum atomic E-state index is 4.51. The molecule has 0 atom stereocenters. The molecule has 3 heteroatoms. The van der Waals surface area contributed by atoms with Crippen molar-refractivity contribution in [1.82, 2.24) is 4.98 Å². The van der Waals surface area contributed by atoms with Crippen LogP contribution in [0.3, 0.4) is 0 Å². The van der Waals surface area contributed by atoms with Crippen LogP contribution in [0.25, 0.3) is 16.5 Å². The molecular weight excluding hydrogens is 462 g/mol. The van der Waals surface area contributed by atoms with E-state index in [4.69, 9.17) is 0 Å². The lowest BCUT2D eigenvalue weighted by Crippen LogP contribution is -1.91. The molecule has 1 aliphatic carbocycles. The van der Waals surface area contributed by atoms with Gasteiger partial charge in [0.25, 0.3) is 0 Å². The van der Waals surface area contributed by atoms with Crippen LogP contribution in [0.15, 0.2) is 96.3 Å². The summed E-state index contributed by atoms with van der Waals surface area (Å²) >= 11 is 0.